The van der Waals surface area contributed by atoms with Crippen LogP contribution in [0.4, 0.5) is 0 Å². The fourth-order valence-corrected chi connectivity index (χ4v) is 1.77. The molecule has 0 amide bonds. The molecule has 1 aromatic carbocycles. The summed E-state index contributed by atoms with van der Waals surface area (Å²) in [5, 5.41) is 8.85. The van der Waals surface area contributed by atoms with Gasteiger partial charge in [-0.05, 0) is 5.56 Å². The van der Waals surface area contributed by atoms with E-state index in [1.165, 1.54) is 0 Å². The quantitative estimate of drug-likeness (QED) is 0.663. The van der Waals surface area contributed by atoms with Crippen molar-refractivity contribution in [3.8, 4) is 0 Å². The molecule has 0 aromatic heterocycles. The van der Waals surface area contributed by atoms with Crippen LogP contribution in [0, 0.1) is 0 Å². The second-order valence-corrected chi connectivity index (χ2v) is 3.90. The average molecular weight is 255 g/mol. The summed E-state index contributed by atoms with van der Waals surface area (Å²) in [5.41, 5.74) is 0.951. The minimum absolute atomic E-state index is 0.200. The van der Waals surface area contributed by atoms with Gasteiger partial charge in [0.05, 0.1) is 0 Å². The highest BCUT2D eigenvalue weighted by Gasteiger charge is 2.23. The molecule has 14 heavy (non-hydrogen) atoms. The lowest BCUT2D eigenvalue weighted by atomic mass is 9.96. The number of benzene rings is 1. The summed E-state index contributed by atoms with van der Waals surface area (Å²) in [5.74, 6) is -1.08. The third-order valence-electron chi connectivity index (χ3n) is 1.99. The van der Waals surface area contributed by atoms with Crippen LogP contribution in [0.25, 0.3) is 0 Å². The van der Waals surface area contributed by atoms with Gasteiger partial charge in [-0.15, -0.1) is 6.58 Å². The van der Waals surface area contributed by atoms with E-state index in [4.69, 9.17) is 5.11 Å². The molecule has 1 N–H and O–H groups in total. The van der Waals surface area contributed by atoms with Gasteiger partial charge in [-0.2, -0.15) is 0 Å². The van der Waals surface area contributed by atoms with Crippen molar-refractivity contribution >= 4 is 21.9 Å². The molecule has 2 nitrogen and oxygen atoms in total. The Balaban J connectivity index is 2.93. The van der Waals surface area contributed by atoms with Gasteiger partial charge in [0.2, 0.25) is 0 Å². The third-order valence-corrected chi connectivity index (χ3v) is 2.95. The zero-order chi connectivity index (χ0) is 10.6. The first-order valence-corrected chi connectivity index (χ1v) is 5.12. The Bertz CT molecular complexity index is 321. The van der Waals surface area contributed by atoms with Gasteiger partial charge in [-0.3, -0.25) is 4.79 Å². The van der Waals surface area contributed by atoms with Crippen molar-refractivity contribution in [3.05, 3.63) is 48.6 Å². The van der Waals surface area contributed by atoms with Crippen LogP contribution in [0.1, 0.15) is 11.5 Å². The highest BCUT2D eigenvalue weighted by Crippen LogP contribution is 2.26. The van der Waals surface area contributed by atoms with Crippen LogP contribution >= 0.6 is 15.9 Å². The standard InChI is InChI=1S/C11H11BrO2/c1-2-9(10(12)11(13)14)8-6-4-3-5-7-8/h2-7,9-10H,1H2,(H,13,14). The Morgan fingerprint density at radius 2 is 2.00 bits per heavy atom. The van der Waals surface area contributed by atoms with E-state index in [-0.39, 0.29) is 5.92 Å². The maximum Gasteiger partial charge on any atom is 0.318 e. The molecule has 0 fully saturated rings. The zero-order valence-corrected chi connectivity index (χ0v) is 9.15. The normalized spacial score (nSPS) is 14.4. The molecule has 0 radical (unpaired) electrons. The van der Waals surface area contributed by atoms with Gasteiger partial charge < -0.3 is 5.11 Å². The number of carbonyl (C=O) groups is 1. The predicted octanol–water partition coefficient (Wildman–Crippen LogP) is 2.80. The van der Waals surface area contributed by atoms with Crippen molar-refractivity contribution in [3.63, 3.8) is 0 Å². The van der Waals surface area contributed by atoms with Gasteiger partial charge in [0.15, 0.2) is 0 Å². The van der Waals surface area contributed by atoms with E-state index in [0.717, 1.165) is 5.56 Å². The molecule has 0 saturated carbocycles. The molecule has 0 aliphatic carbocycles. The Kier molecular flexibility index (Phi) is 3.89. The Labute approximate surface area is 91.4 Å². The molecular formula is C11H11BrO2. The minimum atomic E-state index is -0.876. The van der Waals surface area contributed by atoms with Gasteiger partial charge >= 0.3 is 5.97 Å². The molecule has 0 spiro atoms. The SMILES string of the molecule is C=CC(c1ccccc1)C(Br)C(=O)O. The Morgan fingerprint density at radius 3 is 2.43 bits per heavy atom. The number of alkyl halides is 1. The molecule has 74 valence electrons. The third kappa shape index (κ3) is 2.45. The van der Waals surface area contributed by atoms with E-state index in [2.05, 4.69) is 22.5 Å². The Hall–Kier alpha value is -1.09. The summed E-state index contributed by atoms with van der Waals surface area (Å²) in [6.45, 7) is 3.65. The molecule has 0 aliphatic heterocycles. The van der Waals surface area contributed by atoms with Crippen molar-refractivity contribution in [2.24, 2.45) is 0 Å². The van der Waals surface area contributed by atoms with Gasteiger partial charge in [-0.25, -0.2) is 0 Å². The van der Waals surface area contributed by atoms with E-state index in [1.54, 1.807) is 6.08 Å². The van der Waals surface area contributed by atoms with Crippen molar-refractivity contribution in [2.75, 3.05) is 0 Å². The molecule has 0 bridgehead atoms. The van der Waals surface area contributed by atoms with Crippen LogP contribution in [0.15, 0.2) is 43.0 Å². The van der Waals surface area contributed by atoms with Crippen molar-refractivity contribution in [1.82, 2.24) is 0 Å². The molecule has 0 heterocycles. The minimum Gasteiger partial charge on any atom is -0.480 e. The van der Waals surface area contributed by atoms with Gasteiger partial charge in [0.1, 0.15) is 4.83 Å². The van der Waals surface area contributed by atoms with Crippen molar-refractivity contribution in [1.29, 1.82) is 0 Å². The van der Waals surface area contributed by atoms with E-state index >= 15 is 0 Å². The molecule has 2 unspecified atom stereocenters. The number of carboxylic acid groups (broad SMARTS) is 1. The molecule has 0 aliphatic rings. The molecular weight excluding hydrogens is 244 g/mol. The van der Waals surface area contributed by atoms with Crippen molar-refractivity contribution < 1.29 is 9.90 Å². The largest absolute Gasteiger partial charge is 0.480 e. The molecule has 2 atom stereocenters. The summed E-state index contributed by atoms with van der Waals surface area (Å²) in [7, 11) is 0. The van der Waals surface area contributed by atoms with Crippen LogP contribution in [0.5, 0.6) is 0 Å². The highest BCUT2D eigenvalue weighted by atomic mass is 79.9. The second-order valence-electron chi connectivity index (χ2n) is 2.91. The van der Waals surface area contributed by atoms with Crippen LogP contribution in [0.2, 0.25) is 0 Å². The number of hydrogen-bond donors (Lipinski definition) is 1. The number of halogens is 1. The monoisotopic (exact) mass is 254 g/mol. The molecule has 0 saturated heterocycles. The summed E-state index contributed by atoms with van der Waals surface area (Å²) in [4.78, 5) is 10.2. The lowest BCUT2D eigenvalue weighted by molar-refractivity contribution is -0.136. The maximum absolute atomic E-state index is 10.8. The summed E-state index contributed by atoms with van der Waals surface area (Å²) in [6.07, 6.45) is 1.64. The zero-order valence-electron chi connectivity index (χ0n) is 7.56. The van der Waals surface area contributed by atoms with Gasteiger partial charge in [0.25, 0.3) is 0 Å². The van der Waals surface area contributed by atoms with E-state index in [0.29, 0.717) is 0 Å². The van der Waals surface area contributed by atoms with Crippen LogP contribution in [-0.4, -0.2) is 15.9 Å². The first-order chi connectivity index (χ1) is 6.66. The first kappa shape index (κ1) is 11.0. The van der Waals surface area contributed by atoms with Crippen LogP contribution in [0.3, 0.4) is 0 Å². The highest BCUT2D eigenvalue weighted by molar-refractivity contribution is 9.10. The van der Waals surface area contributed by atoms with Gasteiger partial charge in [-0.1, -0.05) is 52.3 Å². The second kappa shape index (κ2) is 4.96. The number of carboxylic acids is 1. The summed E-state index contributed by atoms with van der Waals surface area (Å²) in [6, 6.07) is 9.45. The van der Waals surface area contributed by atoms with Crippen LogP contribution in [-0.2, 0) is 4.79 Å². The number of hydrogen-bond acceptors (Lipinski definition) is 1. The number of aliphatic carboxylic acids is 1. The van der Waals surface area contributed by atoms with Crippen LogP contribution < -0.4 is 0 Å². The smallest absolute Gasteiger partial charge is 0.318 e. The Morgan fingerprint density at radius 1 is 1.43 bits per heavy atom. The van der Waals surface area contributed by atoms with E-state index < -0.39 is 10.8 Å². The predicted molar refractivity (Wildman–Crippen MR) is 59.7 cm³/mol. The fourth-order valence-electron chi connectivity index (χ4n) is 1.25. The fraction of sp³-hybridized carbons (Fsp3) is 0.182. The summed E-state index contributed by atoms with van der Waals surface area (Å²) < 4.78 is 0. The summed E-state index contributed by atoms with van der Waals surface area (Å²) >= 11 is 3.13. The molecule has 1 aromatic rings. The number of allylic oxidation sites excluding steroid dienone is 1. The van der Waals surface area contributed by atoms with Gasteiger partial charge in [0, 0.05) is 5.92 Å². The lowest BCUT2D eigenvalue weighted by Gasteiger charge is -2.15. The average Bonchev–Trinajstić information content (AvgIpc) is 2.20. The molecule has 3 heteroatoms. The van der Waals surface area contributed by atoms with E-state index in [9.17, 15) is 4.79 Å². The first-order valence-electron chi connectivity index (χ1n) is 4.21. The number of rotatable bonds is 4. The lowest BCUT2D eigenvalue weighted by Crippen LogP contribution is -2.20. The molecule has 1 rings (SSSR count). The van der Waals surface area contributed by atoms with Crippen molar-refractivity contribution in [2.45, 2.75) is 10.7 Å². The maximum atomic E-state index is 10.8. The topological polar surface area (TPSA) is 37.3 Å². The van der Waals surface area contributed by atoms with E-state index in [1.807, 2.05) is 30.3 Å².